The summed E-state index contributed by atoms with van der Waals surface area (Å²) in [7, 11) is 1.62. The van der Waals surface area contributed by atoms with Crippen LogP contribution in [0.15, 0.2) is 65.5 Å². The van der Waals surface area contributed by atoms with Crippen molar-refractivity contribution < 1.29 is 4.74 Å². The summed E-state index contributed by atoms with van der Waals surface area (Å²) < 4.78 is 7.11. The Morgan fingerprint density at radius 2 is 1.85 bits per heavy atom. The summed E-state index contributed by atoms with van der Waals surface area (Å²) in [4.78, 5) is 17.6. The number of allylic oxidation sites excluding steroid dienone is 1. The Morgan fingerprint density at radius 1 is 1.08 bits per heavy atom. The molecule has 0 saturated heterocycles. The molecule has 4 rings (SSSR count). The van der Waals surface area contributed by atoms with Crippen LogP contribution < -0.4 is 14.8 Å². The van der Waals surface area contributed by atoms with Crippen LogP contribution in [0.25, 0.3) is 28.5 Å². The summed E-state index contributed by atoms with van der Waals surface area (Å²) in [5, 5.41) is 4.34. The normalized spacial score (nSPS) is 12.3. The number of thiazole rings is 1. The van der Waals surface area contributed by atoms with Gasteiger partial charge in [0.2, 0.25) is 4.96 Å². The summed E-state index contributed by atoms with van der Waals surface area (Å²) in [5.41, 5.74) is 1.77. The molecule has 2 aromatic carbocycles. The Kier molecular flexibility index (Phi) is 4.33. The maximum Gasteiger partial charge on any atom is 0.291 e. The number of benzene rings is 2. The Hall–Kier alpha value is -3.25. The Labute approximate surface area is 153 Å². The van der Waals surface area contributed by atoms with Gasteiger partial charge in [0.05, 0.1) is 11.6 Å². The Balaban J connectivity index is 1.66. The van der Waals surface area contributed by atoms with Crippen LogP contribution in [0.2, 0.25) is 0 Å². The number of nitrogens with zero attached hydrogens (tertiary/aromatic N) is 3. The van der Waals surface area contributed by atoms with E-state index in [0.29, 0.717) is 15.3 Å². The lowest BCUT2D eigenvalue weighted by molar-refractivity contribution is 0.415. The molecule has 0 unspecified atom stereocenters. The molecule has 0 aliphatic heterocycles. The molecule has 26 heavy (non-hydrogen) atoms. The van der Waals surface area contributed by atoms with E-state index in [9.17, 15) is 4.79 Å². The molecule has 0 saturated carbocycles. The monoisotopic (exact) mass is 361 g/mol. The van der Waals surface area contributed by atoms with Crippen molar-refractivity contribution in [2.24, 2.45) is 0 Å². The average molecular weight is 361 g/mol. The highest BCUT2D eigenvalue weighted by molar-refractivity contribution is 7.15. The third-order valence-electron chi connectivity index (χ3n) is 3.87. The second kappa shape index (κ2) is 6.93. The zero-order valence-corrected chi connectivity index (χ0v) is 14.8. The summed E-state index contributed by atoms with van der Waals surface area (Å²) in [5.74, 6) is 1.30. The first-order chi connectivity index (χ1) is 12.7. The van der Waals surface area contributed by atoms with Crippen molar-refractivity contribution in [2.45, 2.75) is 0 Å². The van der Waals surface area contributed by atoms with E-state index < -0.39 is 0 Å². The second-order valence-corrected chi connectivity index (χ2v) is 6.58. The fraction of sp³-hybridized carbons (Fsp3) is 0.0500. The molecule has 0 N–H and O–H groups in total. The van der Waals surface area contributed by atoms with Gasteiger partial charge in [-0.1, -0.05) is 53.8 Å². The quantitative estimate of drug-likeness (QED) is 0.561. The highest BCUT2D eigenvalue weighted by Gasteiger charge is 2.11. The Bertz CT molecular complexity index is 1180. The number of ether oxygens (including phenoxy) is 1. The van der Waals surface area contributed by atoms with Crippen molar-refractivity contribution in [3.05, 3.63) is 81.1 Å². The minimum Gasteiger partial charge on any atom is -0.497 e. The smallest absolute Gasteiger partial charge is 0.291 e. The third-order valence-corrected chi connectivity index (χ3v) is 4.84. The van der Waals surface area contributed by atoms with Gasteiger partial charge >= 0.3 is 0 Å². The number of hydrogen-bond acceptors (Lipinski definition) is 5. The van der Waals surface area contributed by atoms with Crippen LogP contribution in [0.3, 0.4) is 0 Å². The zero-order valence-electron chi connectivity index (χ0n) is 14.0. The van der Waals surface area contributed by atoms with Crippen LogP contribution in [-0.4, -0.2) is 21.7 Å². The lowest BCUT2D eigenvalue weighted by Crippen LogP contribution is -2.23. The van der Waals surface area contributed by atoms with Gasteiger partial charge in [-0.15, -0.1) is 5.10 Å². The van der Waals surface area contributed by atoms with Gasteiger partial charge in [0.25, 0.3) is 5.56 Å². The Morgan fingerprint density at radius 3 is 2.54 bits per heavy atom. The molecule has 0 aliphatic rings. The first kappa shape index (κ1) is 16.2. The van der Waals surface area contributed by atoms with Gasteiger partial charge in [0.1, 0.15) is 5.75 Å². The summed E-state index contributed by atoms with van der Waals surface area (Å²) >= 11 is 1.33. The van der Waals surface area contributed by atoms with Gasteiger partial charge in [-0.05, 0) is 35.9 Å². The highest BCUT2D eigenvalue weighted by atomic mass is 32.1. The molecule has 0 amide bonds. The fourth-order valence-electron chi connectivity index (χ4n) is 2.52. The van der Waals surface area contributed by atoms with Crippen molar-refractivity contribution in [2.75, 3.05) is 7.11 Å². The predicted octanol–water partition coefficient (Wildman–Crippen LogP) is 3.04. The van der Waals surface area contributed by atoms with Crippen molar-refractivity contribution >= 4 is 28.4 Å². The van der Waals surface area contributed by atoms with E-state index >= 15 is 0 Å². The van der Waals surface area contributed by atoms with Crippen LogP contribution in [-0.2, 0) is 0 Å². The van der Waals surface area contributed by atoms with Gasteiger partial charge in [0.15, 0.2) is 5.82 Å². The number of fused-ring (bicyclic) bond motifs is 1. The number of methoxy groups -OCH3 is 1. The number of aromatic nitrogens is 3. The molecule has 0 bridgehead atoms. The molecule has 2 heterocycles. The molecule has 4 aromatic rings. The molecule has 0 radical (unpaired) electrons. The summed E-state index contributed by atoms with van der Waals surface area (Å²) in [6.45, 7) is 0. The van der Waals surface area contributed by atoms with Gasteiger partial charge in [-0.25, -0.2) is 0 Å². The van der Waals surface area contributed by atoms with E-state index in [4.69, 9.17) is 4.74 Å². The van der Waals surface area contributed by atoms with Crippen LogP contribution in [0.1, 0.15) is 5.56 Å². The topological polar surface area (TPSA) is 56.5 Å². The largest absolute Gasteiger partial charge is 0.497 e. The SMILES string of the molecule is COc1ccc(-c2nc3s/c(=C\C=C\c4ccccc4)c(=O)n3n2)cc1. The molecule has 2 aromatic heterocycles. The molecule has 0 aliphatic carbocycles. The molecule has 0 atom stereocenters. The van der Waals surface area contributed by atoms with Crippen molar-refractivity contribution in [3.8, 4) is 17.1 Å². The van der Waals surface area contributed by atoms with E-state index in [1.54, 1.807) is 13.2 Å². The zero-order chi connectivity index (χ0) is 17.9. The van der Waals surface area contributed by atoms with Crippen LogP contribution in [0.5, 0.6) is 5.75 Å². The maximum absolute atomic E-state index is 12.5. The second-order valence-electron chi connectivity index (χ2n) is 5.57. The first-order valence-electron chi connectivity index (χ1n) is 8.02. The highest BCUT2D eigenvalue weighted by Crippen LogP contribution is 2.20. The molecule has 6 heteroatoms. The van der Waals surface area contributed by atoms with Crippen molar-refractivity contribution in [1.29, 1.82) is 0 Å². The predicted molar refractivity (Wildman–Crippen MR) is 104 cm³/mol. The van der Waals surface area contributed by atoms with Crippen LogP contribution in [0.4, 0.5) is 0 Å². The van der Waals surface area contributed by atoms with Crippen molar-refractivity contribution in [3.63, 3.8) is 0 Å². The molecule has 128 valence electrons. The van der Waals surface area contributed by atoms with Crippen molar-refractivity contribution in [1.82, 2.24) is 14.6 Å². The molecule has 0 spiro atoms. The average Bonchev–Trinajstić information content (AvgIpc) is 3.23. The molecular formula is C20H15N3O2S. The fourth-order valence-corrected chi connectivity index (χ4v) is 3.38. The summed E-state index contributed by atoms with van der Waals surface area (Å²) in [6, 6.07) is 17.4. The van der Waals surface area contributed by atoms with Crippen LogP contribution >= 0.6 is 11.3 Å². The molecular weight excluding hydrogens is 346 g/mol. The van der Waals surface area contributed by atoms with E-state index in [1.807, 2.05) is 66.7 Å². The minimum atomic E-state index is -0.157. The lowest BCUT2D eigenvalue weighted by Gasteiger charge is -1.99. The van der Waals surface area contributed by atoms with E-state index in [1.165, 1.54) is 15.9 Å². The van der Waals surface area contributed by atoms with E-state index in [0.717, 1.165) is 16.9 Å². The number of rotatable bonds is 4. The van der Waals surface area contributed by atoms with Gasteiger partial charge in [-0.3, -0.25) is 4.79 Å². The lowest BCUT2D eigenvalue weighted by atomic mass is 10.2. The van der Waals surface area contributed by atoms with Gasteiger partial charge in [-0.2, -0.15) is 9.50 Å². The molecule has 5 nitrogen and oxygen atoms in total. The van der Waals surface area contributed by atoms with Gasteiger partial charge in [0, 0.05) is 5.56 Å². The van der Waals surface area contributed by atoms with Gasteiger partial charge < -0.3 is 4.74 Å². The van der Waals surface area contributed by atoms with Crippen LogP contribution in [0, 0.1) is 0 Å². The first-order valence-corrected chi connectivity index (χ1v) is 8.84. The maximum atomic E-state index is 12.5. The standard InChI is InChI=1S/C20H15N3O2S/c1-25-16-12-10-15(11-13-16)18-21-20-23(22-18)19(24)17(26-20)9-5-8-14-6-3-2-4-7-14/h2-13H,1H3/b8-5+,17-9-. The third kappa shape index (κ3) is 3.14. The molecule has 0 fully saturated rings. The minimum absolute atomic E-state index is 0.157. The van der Waals surface area contributed by atoms with E-state index in [2.05, 4.69) is 10.1 Å². The number of hydrogen-bond donors (Lipinski definition) is 0. The summed E-state index contributed by atoms with van der Waals surface area (Å²) in [6.07, 6.45) is 5.62. The van der Waals surface area contributed by atoms with E-state index in [-0.39, 0.29) is 5.56 Å².